The van der Waals surface area contributed by atoms with E-state index in [-0.39, 0.29) is 22.8 Å². The smallest absolute Gasteiger partial charge is 0.266 e. The van der Waals surface area contributed by atoms with Crippen molar-refractivity contribution in [1.29, 1.82) is 0 Å². The summed E-state index contributed by atoms with van der Waals surface area (Å²) >= 11 is 0. The van der Waals surface area contributed by atoms with Crippen molar-refractivity contribution in [2.75, 3.05) is 11.9 Å². The SMILES string of the molecule is Cc1ccc(Oc2cccc(Oc3ccc(N4C(=O)c5ccc(Oc6ccc(C(C)(C)c7ccc(Oc8ccc9c(c8)C(=O)N(C)C9=O)cc7)cc6)cc5C4=O)cc3)c2)cc1. The summed E-state index contributed by atoms with van der Waals surface area (Å²) in [5.74, 6) is 2.97. The number of carbonyl (C=O) groups excluding carboxylic acids is 4. The molecule has 0 saturated carbocycles. The number of nitrogens with zero attached hydrogens (tertiary/aromatic N) is 2. The number of rotatable bonds is 11. The number of hydrogen-bond donors (Lipinski definition) is 0. The number of imide groups is 2. The maximum absolute atomic E-state index is 13.6. The molecule has 61 heavy (non-hydrogen) atoms. The molecule has 0 atom stereocenters. The molecule has 0 bridgehead atoms. The summed E-state index contributed by atoms with van der Waals surface area (Å²) in [6.45, 7) is 6.26. The lowest BCUT2D eigenvalue weighted by atomic mass is 9.78. The highest BCUT2D eigenvalue weighted by Gasteiger charge is 2.37. The van der Waals surface area contributed by atoms with Crippen molar-refractivity contribution in [2.45, 2.75) is 26.2 Å². The van der Waals surface area contributed by atoms with Crippen molar-refractivity contribution in [3.05, 3.63) is 197 Å². The molecule has 0 aromatic heterocycles. The molecule has 0 N–H and O–H groups in total. The van der Waals surface area contributed by atoms with E-state index in [2.05, 4.69) is 13.8 Å². The fourth-order valence-corrected chi connectivity index (χ4v) is 7.38. The molecule has 7 aromatic carbocycles. The first-order chi connectivity index (χ1) is 29.4. The molecule has 7 aromatic rings. The second kappa shape index (κ2) is 15.3. The second-order valence-corrected chi connectivity index (χ2v) is 15.4. The van der Waals surface area contributed by atoms with Crippen LogP contribution in [0.1, 0.15) is 72.0 Å². The van der Waals surface area contributed by atoms with Crippen molar-refractivity contribution in [2.24, 2.45) is 0 Å². The highest BCUT2D eigenvalue weighted by molar-refractivity contribution is 6.34. The van der Waals surface area contributed by atoms with Crippen LogP contribution in [-0.2, 0) is 5.41 Å². The monoisotopic (exact) mass is 806 g/mol. The molecule has 2 heterocycles. The Morgan fingerprint density at radius 3 is 1.25 bits per heavy atom. The summed E-state index contributed by atoms with van der Waals surface area (Å²) in [5.41, 5.74) is 4.53. The average Bonchev–Trinajstić information content (AvgIpc) is 3.64. The highest BCUT2D eigenvalue weighted by Crippen LogP contribution is 2.38. The fourth-order valence-electron chi connectivity index (χ4n) is 7.38. The van der Waals surface area contributed by atoms with Crippen LogP contribution in [-0.4, -0.2) is 35.6 Å². The lowest BCUT2D eigenvalue weighted by Crippen LogP contribution is -2.29. The maximum atomic E-state index is 13.6. The number of amides is 4. The molecule has 2 aliphatic heterocycles. The van der Waals surface area contributed by atoms with E-state index >= 15 is 0 Å². The van der Waals surface area contributed by atoms with Crippen LogP contribution in [0.2, 0.25) is 0 Å². The molecule has 0 fully saturated rings. The van der Waals surface area contributed by atoms with Crippen LogP contribution in [0.5, 0.6) is 46.0 Å². The van der Waals surface area contributed by atoms with Crippen LogP contribution in [0.4, 0.5) is 5.69 Å². The van der Waals surface area contributed by atoms with Crippen LogP contribution < -0.4 is 23.8 Å². The first-order valence-electron chi connectivity index (χ1n) is 19.6. The van der Waals surface area contributed by atoms with Crippen molar-refractivity contribution < 1.29 is 38.1 Å². The van der Waals surface area contributed by atoms with Gasteiger partial charge in [0.1, 0.15) is 46.0 Å². The van der Waals surface area contributed by atoms with Gasteiger partial charge in [-0.25, -0.2) is 4.90 Å². The lowest BCUT2D eigenvalue weighted by Gasteiger charge is -2.26. The number of aryl methyl sites for hydroxylation is 1. The van der Waals surface area contributed by atoms with Gasteiger partial charge in [0.05, 0.1) is 27.9 Å². The number of hydrogen-bond acceptors (Lipinski definition) is 8. The van der Waals surface area contributed by atoms with Crippen molar-refractivity contribution >= 4 is 29.3 Å². The van der Waals surface area contributed by atoms with Crippen LogP contribution in [0.15, 0.2) is 158 Å². The van der Waals surface area contributed by atoms with E-state index in [0.29, 0.717) is 62.6 Å². The summed E-state index contributed by atoms with van der Waals surface area (Å²) in [6, 6.07) is 47.1. The van der Waals surface area contributed by atoms with E-state index in [0.717, 1.165) is 32.2 Å². The van der Waals surface area contributed by atoms with Gasteiger partial charge in [0, 0.05) is 18.5 Å². The van der Waals surface area contributed by atoms with E-state index in [9.17, 15) is 19.2 Å². The Morgan fingerprint density at radius 2 is 0.754 bits per heavy atom. The van der Waals surface area contributed by atoms with Crippen molar-refractivity contribution in [3.63, 3.8) is 0 Å². The number of benzene rings is 7. The van der Waals surface area contributed by atoms with Gasteiger partial charge in [0.2, 0.25) is 0 Å². The summed E-state index contributed by atoms with van der Waals surface area (Å²) in [7, 11) is 1.46. The Morgan fingerprint density at radius 1 is 0.393 bits per heavy atom. The third-order valence-corrected chi connectivity index (χ3v) is 10.9. The van der Waals surface area contributed by atoms with Crippen molar-refractivity contribution in [3.8, 4) is 46.0 Å². The minimum Gasteiger partial charge on any atom is -0.457 e. The third kappa shape index (κ3) is 7.47. The molecular weight excluding hydrogens is 769 g/mol. The molecule has 0 unspecified atom stereocenters. The van der Waals surface area contributed by atoms with Crippen LogP contribution >= 0.6 is 0 Å². The summed E-state index contributed by atoms with van der Waals surface area (Å²) in [6.07, 6.45) is 0. The van der Waals surface area contributed by atoms with Crippen LogP contribution in [0.25, 0.3) is 0 Å². The molecule has 0 spiro atoms. The average molecular weight is 807 g/mol. The summed E-state index contributed by atoms with van der Waals surface area (Å²) in [4.78, 5) is 54.0. The van der Waals surface area contributed by atoms with Gasteiger partial charge in [-0.15, -0.1) is 0 Å². The number of fused-ring (bicyclic) bond motifs is 2. The Balaban J connectivity index is 0.828. The van der Waals surface area contributed by atoms with Gasteiger partial charge in [0.15, 0.2) is 0 Å². The minimum absolute atomic E-state index is 0.255. The first-order valence-corrected chi connectivity index (χ1v) is 19.6. The van der Waals surface area contributed by atoms with Crippen molar-refractivity contribution in [1.82, 2.24) is 4.90 Å². The van der Waals surface area contributed by atoms with E-state index < -0.39 is 11.8 Å². The van der Waals surface area contributed by atoms with E-state index in [1.165, 1.54) is 7.05 Å². The molecule has 0 radical (unpaired) electrons. The molecule has 0 aliphatic carbocycles. The largest absolute Gasteiger partial charge is 0.457 e. The normalized spacial score (nSPS) is 13.3. The lowest BCUT2D eigenvalue weighted by molar-refractivity contribution is 0.0692. The van der Waals surface area contributed by atoms with Gasteiger partial charge >= 0.3 is 0 Å². The highest BCUT2D eigenvalue weighted by atomic mass is 16.5. The van der Waals surface area contributed by atoms with Crippen LogP contribution in [0, 0.1) is 6.92 Å². The van der Waals surface area contributed by atoms with Gasteiger partial charge < -0.3 is 18.9 Å². The van der Waals surface area contributed by atoms with E-state index in [1.807, 2.05) is 97.9 Å². The van der Waals surface area contributed by atoms with Gasteiger partial charge in [0.25, 0.3) is 23.6 Å². The number of anilines is 1. The zero-order chi connectivity index (χ0) is 42.4. The van der Waals surface area contributed by atoms with E-state index in [4.69, 9.17) is 18.9 Å². The zero-order valence-electron chi connectivity index (χ0n) is 33.7. The van der Waals surface area contributed by atoms with Gasteiger partial charge in [-0.1, -0.05) is 61.9 Å². The predicted octanol–water partition coefficient (Wildman–Crippen LogP) is 11.5. The molecule has 10 nitrogen and oxygen atoms in total. The number of carbonyl (C=O) groups is 4. The van der Waals surface area contributed by atoms with Gasteiger partial charge in [-0.05, 0) is 127 Å². The number of ether oxygens (including phenoxy) is 4. The quantitative estimate of drug-likeness (QED) is 0.119. The van der Waals surface area contributed by atoms with Crippen LogP contribution in [0.3, 0.4) is 0 Å². The molecule has 2 aliphatic rings. The summed E-state index contributed by atoms with van der Waals surface area (Å²) < 4.78 is 24.2. The molecule has 10 heteroatoms. The predicted molar refractivity (Wildman–Crippen MR) is 230 cm³/mol. The Kier molecular flexibility index (Phi) is 9.68. The Labute approximate surface area is 352 Å². The van der Waals surface area contributed by atoms with Gasteiger partial charge in [-0.3, -0.25) is 24.1 Å². The van der Waals surface area contributed by atoms with E-state index in [1.54, 1.807) is 66.7 Å². The molecule has 0 saturated heterocycles. The standard InChI is InChI=1S/C51H38N2O8/c1-31-8-16-35(17-9-31)58-39-6-5-7-40(28-39)59-38-22-14-34(15-23-38)53-49(56)44-27-25-42(30-46(44)50(53)57)61-37-20-12-33(13-21-37)51(2,3)32-10-18-36(19-11-32)60-41-24-26-43-45(29-41)48(55)52(4)47(43)54/h5-30H,1-4H3. The maximum Gasteiger partial charge on any atom is 0.266 e. The minimum atomic E-state index is -0.444. The molecule has 4 amide bonds. The Hall–Kier alpha value is -7.98. The van der Waals surface area contributed by atoms with Gasteiger partial charge in [-0.2, -0.15) is 0 Å². The summed E-state index contributed by atoms with van der Waals surface area (Å²) in [5, 5.41) is 0. The first kappa shape index (κ1) is 38.5. The topological polar surface area (TPSA) is 112 Å². The third-order valence-electron chi connectivity index (χ3n) is 10.9. The molecular formula is C51H38N2O8. The molecule has 300 valence electrons. The zero-order valence-corrected chi connectivity index (χ0v) is 33.7. The second-order valence-electron chi connectivity index (χ2n) is 15.4. The Bertz CT molecular complexity index is 2870. The molecule has 9 rings (SSSR count). The fraction of sp³-hybridized carbons (Fsp3) is 0.0980.